The van der Waals surface area contributed by atoms with Gasteiger partial charge < -0.3 is 4.57 Å². The molecule has 0 atom stereocenters. The summed E-state index contributed by atoms with van der Waals surface area (Å²) in [6.07, 6.45) is 0. The highest BCUT2D eigenvalue weighted by atomic mass is 15.1. The van der Waals surface area contributed by atoms with Crippen LogP contribution in [0.15, 0.2) is 218 Å². The number of para-hydroxylation sites is 2. The zero-order valence-corrected chi connectivity index (χ0v) is 32.1. The molecular formula is C55H36N4. The maximum Gasteiger partial charge on any atom is 0.166 e. The first kappa shape index (κ1) is 34.3. The van der Waals surface area contributed by atoms with Gasteiger partial charge in [0.2, 0.25) is 0 Å². The zero-order chi connectivity index (χ0) is 39.1. The molecule has 276 valence electrons. The maximum absolute atomic E-state index is 5.39. The maximum atomic E-state index is 5.39. The number of fused-ring (bicyclic) bond motifs is 4. The van der Waals surface area contributed by atoms with Crippen LogP contribution in [0.2, 0.25) is 0 Å². The number of nitrogens with zero attached hydrogens (tertiary/aromatic N) is 4. The molecule has 0 bridgehead atoms. The summed E-state index contributed by atoms with van der Waals surface area (Å²) in [5.41, 5.74) is 12.7. The van der Waals surface area contributed by atoms with Gasteiger partial charge in [0, 0.05) is 27.5 Å². The number of rotatable bonds is 7. The molecule has 4 nitrogen and oxygen atoms in total. The molecule has 9 aromatic carbocycles. The van der Waals surface area contributed by atoms with Crippen molar-refractivity contribution in [2.75, 3.05) is 0 Å². The Morgan fingerprint density at radius 1 is 0.271 bits per heavy atom. The molecule has 2 heterocycles. The first-order valence-corrected chi connectivity index (χ1v) is 19.9. The minimum Gasteiger partial charge on any atom is -0.308 e. The first-order valence-electron chi connectivity index (χ1n) is 19.9. The highest BCUT2D eigenvalue weighted by Gasteiger charge is 2.21. The monoisotopic (exact) mass is 752 g/mol. The van der Waals surface area contributed by atoms with E-state index in [1.54, 1.807) is 0 Å². The summed E-state index contributed by atoms with van der Waals surface area (Å²) < 4.78 is 2.38. The van der Waals surface area contributed by atoms with E-state index >= 15 is 0 Å². The molecule has 0 spiro atoms. The lowest BCUT2D eigenvalue weighted by Crippen LogP contribution is -2.04. The molecule has 0 unspecified atom stereocenters. The normalized spacial score (nSPS) is 11.4. The second kappa shape index (κ2) is 14.5. The molecule has 0 aliphatic carbocycles. The van der Waals surface area contributed by atoms with E-state index in [0.717, 1.165) is 66.8 Å². The average molecular weight is 753 g/mol. The summed E-state index contributed by atoms with van der Waals surface area (Å²) in [5.74, 6) is 1.82. The molecule has 0 N–H and O–H groups in total. The van der Waals surface area contributed by atoms with Gasteiger partial charge in [-0.1, -0.05) is 188 Å². The van der Waals surface area contributed by atoms with Crippen LogP contribution in [-0.4, -0.2) is 19.5 Å². The van der Waals surface area contributed by atoms with Crippen LogP contribution in [-0.2, 0) is 0 Å². The van der Waals surface area contributed by atoms with Crippen molar-refractivity contribution >= 4 is 32.6 Å². The Hall–Kier alpha value is -7.95. The molecule has 11 rings (SSSR count). The van der Waals surface area contributed by atoms with Crippen molar-refractivity contribution in [3.05, 3.63) is 218 Å². The van der Waals surface area contributed by atoms with Crippen LogP contribution < -0.4 is 0 Å². The average Bonchev–Trinajstić information content (AvgIpc) is 3.66. The molecule has 0 aliphatic heterocycles. The van der Waals surface area contributed by atoms with Crippen LogP contribution in [0.3, 0.4) is 0 Å². The fourth-order valence-corrected chi connectivity index (χ4v) is 8.37. The van der Waals surface area contributed by atoms with Gasteiger partial charge in [-0.2, -0.15) is 0 Å². The van der Waals surface area contributed by atoms with E-state index in [-0.39, 0.29) is 0 Å². The molecule has 0 amide bonds. The van der Waals surface area contributed by atoms with Gasteiger partial charge in [0.1, 0.15) is 0 Å². The number of aromatic nitrogens is 4. The van der Waals surface area contributed by atoms with Gasteiger partial charge in [-0.05, 0) is 74.5 Å². The van der Waals surface area contributed by atoms with Crippen LogP contribution in [0.4, 0.5) is 0 Å². The van der Waals surface area contributed by atoms with Gasteiger partial charge in [0.05, 0.1) is 16.7 Å². The first-order chi connectivity index (χ1) is 29.2. The molecule has 0 saturated heterocycles. The van der Waals surface area contributed by atoms with Gasteiger partial charge >= 0.3 is 0 Å². The van der Waals surface area contributed by atoms with Crippen molar-refractivity contribution < 1.29 is 0 Å². The summed E-state index contributed by atoms with van der Waals surface area (Å²) in [6, 6.07) is 77.0. The number of hydrogen-bond acceptors (Lipinski definition) is 3. The predicted molar refractivity (Wildman–Crippen MR) is 244 cm³/mol. The Labute approximate surface area is 342 Å². The third-order valence-electron chi connectivity index (χ3n) is 11.3. The number of hydrogen-bond donors (Lipinski definition) is 0. The molecule has 0 radical (unpaired) electrons. The van der Waals surface area contributed by atoms with E-state index in [1.165, 1.54) is 21.5 Å². The fourth-order valence-electron chi connectivity index (χ4n) is 8.37. The van der Waals surface area contributed by atoms with E-state index in [0.29, 0.717) is 17.5 Å². The molecule has 59 heavy (non-hydrogen) atoms. The van der Waals surface area contributed by atoms with Crippen molar-refractivity contribution in [3.63, 3.8) is 0 Å². The second-order valence-electron chi connectivity index (χ2n) is 14.8. The minimum atomic E-state index is 0.599. The summed E-state index contributed by atoms with van der Waals surface area (Å²) >= 11 is 0. The quantitative estimate of drug-likeness (QED) is 0.163. The highest BCUT2D eigenvalue weighted by Crippen LogP contribution is 2.39. The van der Waals surface area contributed by atoms with E-state index < -0.39 is 0 Å². The molecule has 0 fully saturated rings. The Morgan fingerprint density at radius 2 is 0.746 bits per heavy atom. The number of benzene rings is 9. The molecule has 2 aromatic heterocycles. The van der Waals surface area contributed by atoms with E-state index in [1.807, 2.05) is 12.1 Å². The Kier molecular flexibility index (Phi) is 8.45. The van der Waals surface area contributed by atoms with E-state index in [9.17, 15) is 0 Å². The van der Waals surface area contributed by atoms with Crippen molar-refractivity contribution in [3.8, 4) is 73.2 Å². The third-order valence-corrected chi connectivity index (χ3v) is 11.3. The molecular weight excluding hydrogens is 717 g/mol. The summed E-state index contributed by atoms with van der Waals surface area (Å²) in [7, 11) is 0. The van der Waals surface area contributed by atoms with Gasteiger partial charge in [0.15, 0.2) is 17.5 Å². The summed E-state index contributed by atoms with van der Waals surface area (Å²) in [4.78, 5) is 16.0. The largest absolute Gasteiger partial charge is 0.308 e. The standard InChI is InChI=1S/C55H36N4/c1-3-15-37(16-4-1)39-27-30-41(31-28-39)53-56-54(48-24-10-9-21-45(48)40-18-5-2-6-19-40)58-55(57-53)49-34-33-44(43-32-29-38-17-7-8-20-42(38)35-43)36-52(49)59-50-25-13-11-22-46(50)47-23-12-14-26-51(47)59/h1-36H. The van der Waals surface area contributed by atoms with Crippen molar-refractivity contribution in [2.24, 2.45) is 0 Å². The van der Waals surface area contributed by atoms with Gasteiger partial charge in [-0.15, -0.1) is 0 Å². The highest BCUT2D eigenvalue weighted by molar-refractivity contribution is 6.10. The zero-order valence-electron chi connectivity index (χ0n) is 32.1. The lowest BCUT2D eigenvalue weighted by atomic mass is 9.98. The van der Waals surface area contributed by atoms with Crippen molar-refractivity contribution in [1.82, 2.24) is 19.5 Å². The second-order valence-corrected chi connectivity index (χ2v) is 14.8. The third kappa shape index (κ3) is 6.24. The summed E-state index contributed by atoms with van der Waals surface area (Å²) in [5, 5.41) is 4.80. The molecule has 0 saturated carbocycles. The van der Waals surface area contributed by atoms with E-state index in [4.69, 9.17) is 15.0 Å². The Balaban J connectivity index is 1.17. The lowest BCUT2D eigenvalue weighted by Gasteiger charge is -2.17. The fraction of sp³-hybridized carbons (Fsp3) is 0. The van der Waals surface area contributed by atoms with Crippen molar-refractivity contribution in [1.29, 1.82) is 0 Å². The lowest BCUT2D eigenvalue weighted by molar-refractivity contribution is 1.06. The molecule has 0 aliphatic rings. The Bertz CT molecular complexity index is 3260. The predicted octanol–water partition coefficient (Wildman–Crippen LogP) is 14.1. The smallest absolute Gasteiger partial charge is 0.166 e. The van der Waals surface area contributed by atoms with Crippen LogP contribution in [0, 0.1) is 0 Å². The SMILES string of the molecule is c1ccc(-c2ccc(-c3nc(-c4ccccc4-c4ccccc4)nc(-c4ccc(-c5ccc6ccccc6c5)cc4-n4c5ccccc5c5ccccc54)n3)cc2)cc1. The summed E-state index contributed by atoms with van der Waals surface area (Å²) in [6.45, 7) is 0. The van der Waals surface area contributed by atoms with Gasteiger partial charge in [0.25, 0.3) is 0 Å². The minimum absolute atomic E-state index is 0.599. The van der Waals surface area contributed by atoms with Gasteiger partial charge in [-0.25, -0.2) is 15.0 Å². The van der Waals surface area contributed by atoms with E-state index in [2.05, 4.69) is 211 Å². The van der Waals surface area contributed by atoms with Gasteiger partial charge in [-0.3, -0.25) is 0 Å². The Morgan fingerprint density at radius 3 is 1.46 bits per heavy atom. The van der Waals surface area contributed by atoms with Crippen LogP contribution in [0.25, 0.3) is 106 Å². The molecule has 11 aromatic rings. The van der Waals surface area contributed by atoms with Crippen molar-refractivity contribution in [2.45, 2.75) is 0 Å². The topological polar surface area (TPSA) is 43.6 Å². The van der Waals surface area contributed by atoms with Crippen LogP contribution >= 0.6 is 0 Å². The van der Waals surface area contributed by atoms with Crippen LogP contribution in [0.1, 0.15) is 0 Å². The molecule has 4 heteroatoms. The van der Waals surface area contributed by atoms with Crippen LogP contribution in [0.5, 0.6) is 0 Å².